The third-order valence-electron chi connectivity index (χ3n) is 23.3. The van der Waals surface area contributed by atoms with E-state index in [0.29, 0.717) is 11.6 Å². The zero-order valence-electron chi connectivity index (χ0n) is 60.7. The van der Waals surface area contributed by atoms with Crippen LogP contribution in [0.5, 0.6) is 23.0 Å². The number of rotatable bonds is 11. The first-order valence-corrected chi connectivity index (χ1v) is 38.2. The van der Waals surface area contributed by atoms with Gasteiger partial charge in [-0.25, -0.2) is 19.9 Å². The molecule has 0 saturated carbocycles. The average Bonchev–Trinajstić information content (AvgIpc) is 1.48. The Kier molecular flexibility index (Phi) is 15.0. The van der Waals surface area contributed by atoms with Gasteiger partial charge in [0.15, 0.2) is 11.6 Å². The highest BCUT2D eigenvalue weighted by Gasteiger charge is 2.53. The molecule has 2 aliphatic carbocycles. The van der Waals surface area contributed by atoms with E-state index >= 15 is 0 Å². The lowest BCUT2D eigenvalue weighted by molar-refractivity contribution is 0.436. The maximum atomic E-state index is 7.37. The Hall–Kier alpha value is -14.7. The molecule has 0 unspecified atom stereocenters. The Balaban J connectivity index is 0.607. The van der Waals surface area contributed by atoms with Crippen LogP contribution in [0.15, 0.2) is 400 Å². The summed E-state index contributed by atoms with van der Waals surface area (Å²) in [7, 11) is 0. The van der Waals surface area contributed by atoms with Gasteiger partial charge in [-0.1, -0.05) is 358 Å². The monoisotopic (exact) mass is 1430 g/mol. The summed E-state index contributed by atoms with van der Waals surface area (Å²) in [5.41, 5.74) is 33.3. The van der Waals surface area contributed by atoms with Crippen LogP contribution >= 0.6 is 0 Å². The first kappa shape index (κ1) is 64.5. The topological polar surface area (TPSA) is 70.0 Å². The highest BCUT2D eigenvalue weighted by atomic mass is 16.5. The zero-order chi connectivity index (χ0) is 73.9. The van der Waals surface area contributed by atoms with Crippen molar-refractivity contribution in [1.29, 1.82) is 0 Å². The summed E-state index contributed by atoms with van der Waals surface area (Å²) in [6, 6.07) is 143. The van der Waals surface area contributed by atoms with Gasteiger partial charge in [-0.15, -0.1) is 0 Å². The summed E-state index contributed by atoms with van der Waals surface area (Å²) >= 11 is 0. The number of nitrogens with zero attached hydrogens (tertiary/aromatic N) is 4. The maximum absolute atomic E-state index is 7.37. The Labute approximate surface area is 649 Å². The predicted molar refractivity (Wildman–Crippen MR) is 452 cm³/mol. The van der Waals surface area contributed by atoms with Crippen molar-refractivity contribution < 1.29 is 9.47 Å². The van der Waals surface area contributed by atoms with E-state index in [1.165, 1.54) is 44.5 Å². The summed E-state index contributed by atoms with van der Waals surface area (Å²) in [5.74, 6) is 4.61. The SMILES string of the molecule is c1ccc(-c2cccc(-c3cc(-c4ccc(-c5ccc6c(c5)Oc5cc(-c7ccc(-c8nc(-c9ccccc9)cc(-c9ccccc9-c9ccccc9)n8)cc7)ccc5C65c6ccccc6-c6ccccc65)cc4)nc(-c4ccc(-c5ccc6c(c5)Oc5ccccc5C65c6ccccc6-c6ccccc65)cc4)n3)c2)cc1. The fourth-order valence-corrected chi connectivity index (χ4v) is 18.2. The number of hydrogen-bond acceptors (Lipinski definition) is 6. The van der Waals surface area contributed by atoms with Crippen molar-refractivity contribution in [3.63, 3.8) is 0 Å². The molecule has 22 rings (SSSR count). The molecular formula is C106H66N4O2. The van der Waals surface area contributed by atoms with Crippen LogP contribution in [0.2, 0.25) is 0 Å². The normalized spacial score (nSPS) is 13.1. The van der Waals surface area contributed by atoms with E-state index in [1.54, 1.807) is 0 Å². The van der Waals surface area contributed by atoms with Crippen LogP contribution in [0, 0.1) is 0 Å². The van der Waals surface area contributed by atoms with Crippen molar-refractivity contribution in [2.75, 3.05) is 0 Å². The van der Waals surface area contributed by atoms with E-state index in [4.69, 9.17) is 29.4 Å². The van der Waals surface area contributed by atoms with Crippen LogP contribution in [-0.2, 0) is 10.8 Å². The highest BCUT2D eigenvalue weighted by Crippen LogP contribution is 2.65. The van der Waals surface area contributed by atoms with Gasteiger partial charge in [0.25, 0.3) is 0 Å². The molecule has 6 heteroatoms. The standard InChI is InChI=1S/C106H66N4O2/c1-4-23-67(24-5-1)76-29-22-30-80(61-76)97-65-95(107-103(109-97)74-51-45-69(46-52-74)77-55-58-92-100(62-77)111-99-42-21-20-41-91(99)105(92)87-37-16-12-32-82(87)83-33-13-17-38-88(83)105)73-49-43-68(44-50-73)78-56-59-93-101(63-78)112-102-64-79(57-60-94(102)106(93)89-39-18-14-34-84(89)85-35-15-19-40-90(85)106)70-47-53-75(54-48-70)104-108-96(72-27-8-3-9-28-72)66-98(110-104)86-36-11-10-31-81(86)71-25-6-2-7-26-71/h1-66H. The molecule has 2 spiro atoms. The average molecular weight is 1430 g/mol. The fraction of sp³-hybridized carbons (Fsp3) is 0.0189. The first-order valence-electron chi connectivity index (χ1n) is 38.2. The van der Waals surface area contributed by atoms with Crippen molar-refractivity contribution >= 4 is 0 Å². The molecule has 18 aromatic rings. The number of ether oxygens (including phenoxy) is 2. The van der Waals surface area contributed by atoms with Crippen LogP contribution in [0.4, 0.5) is 0 Å². The van der Waals surface area contributed by atoms with Crippen LogP contribution in [0.3, 0.4) is 0 Å². The Morgan fingerprint density at radius 3 is 0.893 bits per heavy atom. The largest absolute Gasteiger partial charge is 0.457 e. The van der Waals surface area contributed by atoms with Crippen molar-refractivity contribution in [2.45, 2.75) is 10.8 Å². The van der Waals surface area contributed by atoms with Crippen molar-refractivity contribution in [2.24, 2.45) is 0 Å². The molecule has 0 N–H and O–H groups in total. The van der Waals surface area contributed by atoms with Gasteiger partial charge in [-0.05, 0) is 143 Å². The van der Waals surface area contributed by atoms with Gasteiger partial charge in [0.2, 0.25) is 0 Å². The molecular weight excluding hydrogens is 1360 g/mol. The Morgan fingerprint density at radius 1 is 0.152 bits per heavy atom. The van der Waals surface area contributed by atoms with Crippen molar-refractivity contribution in [3.8, 4) is 169 Å². The third kappa shape index (κ3) is 10.3. The van der Waals surface area contributed by atoms with E-state index < -0.39 is 10.8 Å². The molecule has 0 fully saturated rings. The van der Waals surface area contributed by atoms with Crippen LogP contribution in [0.25, 0.3) is 146 Å². The fourth-order valence-electron chi connectivity index (χ4n) is 18.2. The summed E-state index contributed by atoms with van der Waals surface area (Å²) in [6.45, 7) is 0. The molecule has 0 radical (unpaired) electrons. The molecule has 4 heterocycles. The summed E-state index contributed by atoms with van der Waals surface area (Å²) in [5, 5.41) is 0. The molecule has 6 nitrogen and oxygen atoms in total. The van der Waals surface area contributed by atoms with Gasteiger partial charge >= 0.3 is 0 Å². The van der Waals surface area contributed by atoms with Crippen molar-refractivity contribution in [3.05, 3.63) is 445 Å². The summed E-state index contributed by atoms with van der Waals surface area (Å²) in [6.07, 6.45) is 0. The van der Waals surface area contributed by atoms with Gasteiger partial charge in [-0.2, -0.15) is 0 Å². The molecule has 4 aliphatic rings. The van der Waals surface area contributed by atoms with E-state index in [2.05, 4.69) is 394 Å². The first-order chi connectivity index (χ1) is 55.5. The zero-order valence-corrected chi connectivity index (χ0v) is 60.7. The molecule has 0 amide bonds. The maximum Gasteiger partial charge on any atom is 0.160 e. The molecule has 0 saturated heterocycles. The summed E-state index contributed by atoms with van der Waals surface area (Å²) < 4.78 is 14.3. The molecule has 522 valence electrons. The number of aromatic nitrogens is 4. The van der Waals surface area contributed by atoms with Gasteiger partial charge in [0.1, 0.15) is 23.0 Å². The number of fused-ring (bicyclic) bond motifs is 18. The molecule has 16 aromatic carbocycles. The Morgan fingerprint density at radius 2 is 0.429 bits per heavy atom. The van der Waals surface area contributed by atoms with Crippen molar-refractivity contribution in [1.82, 2.24) is 19.9 Å². The van der Waals surface area contributed by atoms with E-state index in [1.807, 2.05) is 6.07 Å². The van der Waals surface area contributed by atoms with Crippen LogP contribution in [0.1, 0.15) is 44.5 Å². The lowest BCUT2D eigenvalue weighted by Crippen LogP contribution is -2.32. The van der Waals surface area contributed by atoms with E-state index in [9.17, 15) is 0 Å². The lowest BCUT2D eigenvalue weighted by Gasteiger charge is -2.39. The minimum absolute atomic E-state index is 0.532. The summed E-state index contributed by atoms with van der Waals surface area (Å²) in [4.78, 5) is 21.4. The second-order valence-corrected chi connectivity index (χ2v) is 29.4. The molecule has 0 atom stereocenters. The predicted octanol–water partition coefficient (Wildman–Crippen LogP) is 26.5. The highest BCUT2D eigenvalue weighted by molar-refractivity contribution is 5.93. The second kappa shape index (κ2) is 26.0. The molecule has 2 aromatic heterocycles. The minimum Gasteiger partial charge on any atom is -0.457 e. The number of hydrogen-bond donors (Lipinski definition) is 0. The van der Waals surface area contributed by atoms with Gasteiger partial charge < -0.3 is 9.47 Å². The second-order valence-electron chi connectivity index (χ2n) is 29.4. The van der Waals surface area contributed by atoms with Gasteiger partial charge in [-0.3, -0.25) is 0 Å². The van der Waals surface area contributed by atoms with Gasteiger partial charge in [0, 0.05) is 55.6 Å². The molecule has 112 heavy (non-hydrogen) atoms. The molecule has 2 aliphatic heterocycles. The smallest absolute Gasteiger partial charge is 0.160 e. The number of para-hydroxylation sites is 1. The van der Waals surface area contributed by atoms with E-state index in [0.717, 1.165) is 157 Å². The Bertz CT molecular complexity index is 6700. The minimum atomic E-state index is -0.660. The van der Waals surface area contributed by atoms with Crippen LogP contribution < -0.4 is 9.47 Å². The van der Waals surface area contributed by atoms with Gasteiger partial charge in [0.05, 0.1) is 33.6 Å². The molecule has 0 bridgehead atoms. The quantitative estimate of drug-likeness (QED) is 0.129. The number of benzene rings is 16. The lowest BCUT2D eigenvalue weighted by atomic mass is 9.65. The van der Waals surface area contributed by atoms with Crippen LogP contribution in [-0.4, -0.2) is 19.9 Å². The third-order valence-corrected chi connectivity index (χ3v) is 23.3. The van der Waals surface area contributed by atoms with E-state index in [-0.39, 0.29) is 0 Å².